The number of aromatic amines is 1. The number of aryl methyl sites for hydroxylation is 1. The number of benzene rings is 3. The van der Waals surface area contributed by atoms with E-state index in [-0.39, 0.29) is 10.8 Å². The van der Waals surface area contributed by atoms with Gasteiger partial charge in [-0.3, -0.25) is 9.36 Å². The molecule has 3 N–H and O–H groups in total. The first-order chi connectivity index (χ1) is 16.3. The van der Waals surface area contributed by atoms with Gasteiger partial charge >= 0.3 is 0 Å². The van der Waals surface area contributed by atoms with E-state index in [9.17, 15) is 13.2 Å². The minimum Gasteiger partial charge on any atom is -0.360 e. The van der Waals surface area contributed by atoms with Crippen LogP contribution in [0.5, 0.6) is 0 Å². The van der Waals surface area contributed by atoms with Crippen LogP contribution in [-0.4, -0.2) is 35.9 Å². The van der Waals surface area contributed by atoms with Crippen LogP contribution in [0, 0.1) is 6.92 Å². The number of carbonyl (C=O) groups is 1. The van der Waals surface area contributed by atoms with Crippen molar-refractivity contribution in [3.05, 3.63) is 72.4 Å². The molecule has 0 fully saturated rings. The third kappa shape index (κ3) is 3.74. The van der Waals surface area contributed by atoms with E-state index in [1.807, 2.05) is 48.0 Å². The molecule has 1 amide bonds. The number of hydrogen-bond donors (Lipinski definition) is 3. The number of sulfonamides is 1. The minimum atomic E-state index is -3.65. The lowest BCUT2D eigenvalue weighted by molar-refractivity contribution is -0.114. The molecule has 2 heterocycles. The summed E-state index contributed by atoms with van der Waals surface area (Å²) in [5, 5.41) is 3.81. The topological polar surface area (TPSA) is 109 Å². The Balaban J connectivity index is 1.83. The summed E-state index contributed by atoms with van der Waals surface area (Å²) in [6.07, 6.45) is 1.91. The second-order valence-electron chi connectivity index (χ2n) is 8.11. The normalized spacial score (nSPS) is 11.9. The number of nitrogens with one attached hydrogen (secondary N) is 3. The molecule has 172 valence electrons. The number of amides is 1. The zero-order valence-corrected chi connectivity index (χ0v) is 19.7. The highest BCUT2D eigenvalue weighted by Gasteiger charge is 2.20. The van der Waals surface area contributed by atoms with Crippen molar-refractivity contribution in [1.29, 1.82) is 0 Å². The molecule has 8 nitrogen and oxygen atoms in total. The fourth-order valence-corrected chi connectivity index (χ4v) is 4.88. The number of rotatable bonds is 5. The lowest BCUT2D eigenvalue weighted by Gasteiger charge is -2.12. The van der Waals surface area contributed by atoms with Crippen LogP contribution in [0.25, 0.3) is 39.0 Å². The molecule has 0 aliphatic carbocycles. The van der Waals surface area contributed by atoms with Crippen LogP contribution in [-0.2, 0) is 14.8 Å². The Bertz CT molecular complexity index is 1680. The minimum absolute atomic E-state index is 0.141. The smallest absolute Gasteiger partial charge is 0.240 e. The Labute approximate surface area is 196 Å². The number of fused-ring (bicyclic) bond motifs is 2. The maximum absolute atomic E-state index is 12.5. The average Bonchev–Trinajstić information content (AvgIpc) is 3.38. The van der Waals surface area contributed by atoms with E-state index in [4.69, 9.17) is 4.98 Å². The standard InChI is InChI=1S/C25H23N5O3S/c1-15-7-9-20-21(14-27-23(20)11-15)25-29-22-10-8-19(34(32,33)26-3)13-24(22)30(25)18-6-4-5-17(12-18)28-16(2)31/h4-14,26-27H,1-3H3,(H,28,31). The van der Waals surface area contributed by atoms with Crippen molar-refractivity contribution < 1.29 is 13.2 Å². The second kappa shape index (κ2) is 8.12. The molecule has 0 bridgehead atoms. The quantitative estimate of drug-likeness (QED) is 0.353. The lowest BCUT2D eigenvalue weighted by Crippen LogP contribution is -2.18. The van der Waals surface area contributed by atoms with Crippen molar-refractivity contribution in [2.75, 3.05) is 12.4 Å². The summed E-state index contributed by atoms with van der Waals surface area (Å²) in [4.78, 5) is 20.0. The third-order valence-electron chi connectivity index (χ3n) is 5.71. The molecule has 0 atom stereocenters. The number of imidazole rings is 1. The molecule has 3 aromatic carbocycles. The van der Waals surface area contributed by atoms with Gasteiger partial charge in [0.15, 0.2) is 0 Å². The fourth-order valence-electron chi connectivity index (χ4n) is 4.13. The Hall–Kier alpha value is -3.95. The van der Waals surface area contributed by atoms with Gasteiger partial charge in [-0.1, -0.05) is 18.2 Å². The van der Waals surface area contributed by atoms with E-state index in [0.717, 1.165) is 27.7 Å². The van der Waals surface area contributed by atoms with Gasteiger partial charge in [-0.15, -0.1) is 0 Å². The maximum atomic E-state index is 12.5. The molecule has 9 heteroatoms. The fraction of sp³-hybridized carbons (Fsp3) is 0.120. The molecule has 0 spiro atoms. The lowest BCUT2D eigenvalue weighted by atomic mass is 10.1. The molecular weight excluding hydrogens is 450 g/mol. The molecule has 0 saturated heterocycles. The van der Waals surface area contributed by atoms with Gasteiger partial charge in [-0.2, -0.15) is 0 Å². The summed E-state index contributed by atoms with van der Waals surface area (Å²) in [6, 6.07) is 18.4. The van der Waals surface area contributed by atoms with E-state index in [1.165, 1.54) is 14.0 Å². The van der Waals surface area contributed by atoms with Crippen LogP contribution in [0.1, 0.15) is 12.5 Å². The molecule has 0 radical (unpaired) electrons. The molecule has 0 unspecified atom stereocenters. The first-order valence-electron chi connectivity index (χ1n) is 10.7. The van der Waals surface area contributed by atoms with Gasteiger partial charge in [0.05, 0.1) is 15.9 Å². The molecule has 0 aliphatic rings. The Morgan fingerprint density at radius 1 is 1.06 bits per heavy atom. The highest BCUT2D eigenvalue weighted by molar-refractivity contribution is 7.89. The zero-order valence-electron chi connectivity index (χ0n) is 18.9. The average molecular weight is 474 g/mol. The number of aromatic nitrogens is 3. The number of H-pyrrole nitrogens is 1. The van der Waals surface area contributed by atoms with Crippen molar-refractivity contribution in [2.24, 2.45) is 0 Å². The molecule has 34 heavy (non-hydrogen) atoms. The first-order valence-corrected chi connectivity index (χ1v) is 12.2. The molecular formula is C25H23N5O3S. The largest absolute Gasteiger partial charge is 0.360 e. The first kappa shape index (κ1) is 21.9. The third-order valence-corrected chi connectivity index (χ3v) is 7.12. The monoisotopic (exact) mass is 473 g/mol. The van der Waals surface area contributed by atoms with Gasteiger partial charge in [0.2, 0.25) is 15.9 Å². The van der Waals surface area contributed by atoms with Crippen LogP contribution in [0.4, 0.5) is 5.69 Å². The van der Waals surface area contributed by atoms with Crippen LogP contribution < -0.4 is 10.0 Å². The predicted octanol–water partition coefficient (Wildman–Crippen LogP) is 4.35. The summed E-state index contributed by atoms with van der Waals surface area (Å²) in [5.74, 6) is 0.478. The van der Waals surface area contributed by atoms with Gasteiger partial charge in [0, 0.05) is 41.0 Å². The molecule has 2 aromatic heterocycles. The molecule has 0 aliphatic heterocycles. The Kier molecular flexibility index (Phi) is 5.22. The van der Waals surface area contributed by atoms with Crippen LogP contribution in [0.15, 0.2) is 71.8 Å². The molecule has 5 rings (SSSR count). The van der Waals surface area contributed by atoms with Gasteiger partial charge in [-0.05, 0) is 62.0 Å². The van der Waals surface area contributed by atoms with Crippen molar-refractivity contribution >= 4 is 43.6 Å². The molecule has 5 aromatic rings. The van der Waals surface area contributed by atoms with Crippen molar-refractivity contribution in [2.45, 2.75) is 18.7 Å². The maximum Gasteiger partial charge on any atom is 0.240 e. The van der Waals surface area contributed by atoms with E-state index >= 15 is 0 Å². The summed E-state index contributed by atoms with van der Waals surface area (Å²) in [5.41, 5.74) is 5.66. The number of hydrogen-bond acceptors (Lipinski definition) is 4. The van der Waals surface area contributed by atoms with Gasteiger partial charge in [0.1, 0.15) is 5.82 Å². The summed E-state index contributed by atoms with van der Waals surface area (Å²) in [6.45, 7) is 3.49. The van der Waals surface area contributed by atoms with E-state index in [0.29, 0.717) is 22.5 Å². The van der Waals surface area contributed by atoms with Crippen LogP contribution >= 0.6 is 0 Å². The van der Waals surface area contributed by atoms with E-state index < -0.39 is 10.0 Å². The summed E-state index contributed by atoms with van der Waals surface area (Å²) < 4.78 is 29.3. The Morgan fingerprint density at radius 3 is 2.65 bits per heavy atom. The zero-order chi connectivity index (χ0) is 24.0. The molecule has 0 saturated carbocycles. The second-order valence-corrected chi connectivity index (χ2v) is 10.00. The van der Waals surface area contributed by atoms with Gasteiger partial charge in [0.25, 0.3) is 0 Å². The Morgan fingerprint density at radius 2 is 1.88 bits per heavy atom. The highest BCUT2D eigenvalue weighted by Crippen LogP contribution is 2.34. The highest BCUT2D eigenvalue weighted by atomic mass is 32.2. The van der Waals surface area contributed by atoms with Crippen LogP contribution in [0.3, 0.4) is 0 Å². The number of nitrogens with zero attached hydrogens (tertiary/aromatic N) is 2. The van der Waals surface area contributed by atoms with E-state index in [1.54, 1.807) is 24.3 Å². The predicted molar refractivity (Wildman–Crippen MR) is 134 cm³/mol. The van der Waals surface area contributed by atoms with Crippen molar-refractivity contribution in [3.63, 3.8) is 0 Å². The SMILES string of the molecule is CNS(=O)(=O)c1ccc2nc(-c3c[nH]c4cc(C)ccc34)n(-c3cccc(NC(C)=O)c3)c2c1. The number of anilines is 1. The van der Waals surface area contributed by atoms with Gasteiger partial charge in [-0.25, -0.2) is 18.1 Å². The van der Waals surface area contributed by atoms with Crippen molar-refractivity contribution in [1.82, 2.24) is 19.3 Å². The van der Waals surface area contributed by atoms with Gasteiger partial charge < -0.3 is 10.3 Å². The van der Waals surface area contributed by atoms with Crippen LogP contribution in [0.2, 0.25) is 0 Å². The summed E-state index contributed by atoms with van der Waals surface area (Å²) in [7, 11) is -2.27. The van der Waals surface area contributed by atoms with Crippen molar-refractivity contribution in [3.8, 4) is 17.1 Å². The van der Waals surface area contributed by atoms with E-state index in [2.05, 4.69) is 21.1 Å². The number of carbonyl (C=O) groups excluding carboxylic acids is 1. The summed E-state index contributed by atoms with van der Waals surface area (Å²) >= 11 is 0.